The molecule has 156 valence electrons. The molecule has 30 heavy (non-hydrogen) atoms. The maximum absolute atomic E-state index is 14.8. The van der Waals surface area contributed by atoms with Crippen molar-refractivity contribution < 1.29 is 13.9 Å². The fraction of sp³-hybridized carbons (Fsp3) is 0.250. The van der Waals surface area contributed by atoms with Crippen LogP contribution in [0.3, 0.4) is 0 Å². The van der Waals surface area contributed by atoms with E-state index in [1.165, 1.54) is 18.4 Å². The van der Waals surface area contributed by atoms with Crippen molar-refractivity contribution in [3.8, 4) is 0 Å². The van der Waals surface area contributed by atoms with Crippen LogP contribution in [-0.4, -0.2) is 30.9 Å². The highest BCUT2D eigenvalue weighted by Gasteiger charge is 2.16. The third-order valence-electron chi connectivity index (χ3n) is 4.98. The SMILES string of the molecule is COC(=O)c1cccc(Cn2nc(/C(F)=C/c3ccc([Si](C)(C)C)cc3)cc2C)c1. The minimum atomic E-state index is -1.37. The Balaban J connectivity index is 1.80. The fourth-order valence-corrected chi connectivity index (χ4v) is 4.34. The molecule has 3 aromatic rings. The topological polar surface area (TPSA) is 44.1 Å². The summed E-state index contributed by atoms with van der Waals surface area (Å²) >= 11 is 0. The first-order chi connectivity index (χ1) is 14.2. The van der Waals surface area contributed by atoms with Crippen LogP contribution >= 0.6 is 0 Å². The van der Waals surface area contributed by atoms with Crippen LogP contribution in [0.25, 0.3) is 11.9 Å². The molecule has 1 heterocycles. The van der Waals surface area contributed by atoms with E-state index in [2.05, 4.69) is 36.9 Å². The third-order valence-corrected chi connectivity index (χ3v) is 7.04. The van der Waals surface area contributed by atoms with Crippen LogP contribution in [0.4, 0.5) is 4.39 Å². The number of methoxy groups -OCH3 is 1. The summed E-state index contributed by atoms with van der Waals surface area (Å²) in [6.07, 6.45) is 1.51. The third kappa shape index (κ3) is 5.13. The first-order valence-electron chi connectivity index (χ1n) is 9.87. The molecule has 0 N–H and O–H groups in total. The van der Waals surface area contributed by atoms with Crippen LogP contribution in [0.5, 0.6) is 0 Å². The lowest BCUT2D eigenvalue weighted by molar-refractivity contribution is 0.0600. The largest absolute Gasteiger partial charge is 0.465 e. The lowest BCUT2D eigenvalue weighted by atomic mass is 10.1. The second-order valence-electron chi connectivity index (χ2n) is 8.38. The zero-order valence-corrected chi connectivity index (χ0v) is 19.1. The van der Waals surface area contributed by atoms with Crippen LogP contribution < -0.4 is 5.19 Å². The highest BCUT2D eigenvalue weighted by molar-refractivity contribution is 6.88. The maximum atomic E-state index is 14.8. The molecule has 0 radical (unpaired) electrons. The second-order valence-corrected chi connectivity index (χ2v) is 13.5. The van der Waals surface area contributed by atoms with Crippen molar-refractivity contribution >= 4 is 31.1 Å². The first kappa shape index (κ1) is 21.7. The van der Waals surface area contributed by atoms with Crippen molar-refractivity contribution in [2.75, 3.05) is 7.11 Å². The Hall–Kier alpha value is -2.99. The van der Waals surface area contributed by atoms with Gasteiger partial charge >= 0.3 is 5.97 Å². The summed E-state index contributed by atoms with van der Waals surface area (Å²) < 4.78 is 21.3. The van der Waals surface area contributed by atoms with Crippen LogP contribution in [0.2, 0.25) is 19.6 Å². The van der Waals surface area contributed by atoms with Crippen LogP contribution in [0.1, 0.15) is 32.9 Å². The number of rotatable bonds is 6. The lowest BCUT2D eigenvalue weighted by Crippen LogP contribution is -2.37. The first-order valence-corrected chi connectivity index (χ1v) is 13.4. The van der Waals surface area contributed by atoms with E-state index in [-0.39, 0.29) is 11.8 Å². The number of benzene rings is 2. The average molecular weight is 423 g/mol. The van der Waals surface area contributed by atoms with E-state index in [0.29, 0.717) is 17.8 Å². The molecule has 0 saturated heterocycles. The summed E-state index contributed by atoms with van der Waals surface area (Å²) in [5.74, 6) is -0.759. The lowest BCUT2D eigenvalue weighted by Gasteiger charge is -2.16. The number of carbonyl (C=O) groups is 1. The summed E-state index contributed by atoms with van der Waals surface area (Å²) in [5.41, 5.74) is 3.32. The van der Waals surface area contributed by atoms with Crippen molar-refractivity contribution in [2.24, 2.45) is 0 Å². The normalized spacial score (nSPS) is 12.1. The van der Waals surface area contributed by atoms with E-state index in [0.717, 1.165) is 16.8 Å². The van der Waals surface area contributed by atoms with E-state index in [9.17, 15) is 9.18 Å². The van der Waals surface area contributed by atoms with Gasteiger partial charge in [0.2, 0.25) is 0 Å². The standard InChI is InChI=1S/C24H27FN2O2Si/c1-17-13-23(22(25)15-18-9-11-21(12-10-18)30(3,4)5)26-27(17)16-19-7-6-8-20(14-19)24(28)29-2/h6-15H,16H2,1-5H3/b22-15-. The smallest absolute Gasteiger partial charge is 0.337 e. The molecule has 0 spiro atoms. The summed E-state index contributed by atoms with van der Waals surface area (Å²) in [4.78, 5) is 11.7. The van der Waals surface area contributed by atoms with Gasteiger partial charge in [-0.05, 0) is 42.3 Å². The zero-order chi connectivity index (χ0) is 21.9. The van der Waals surface area contributed by atoms with E-state index in [1.54, 1.807) is 28.9 Å². The molecule has 0 fully saturated rings. The van der Waals surface area contributed by atoms with E-state index in [1.807, 2.05) is 25.1 Å². The van der Waals surface area contributed by atoms with Gasteiger partial charge in [0.05, 0.1) is 27.3 Å². The molecule has 0 atom stereocenters. The quantitative estimate of drug-likeness (QED) is 0.413. The number of nitrogens with zero attached hydrogens (tertiary/aromatic N) is 2. The Kier molecular flexibility index (Phi) is 6.36. The molecule has 0 aliphatic carbocycles. The predicted molar refractivity (Wildman–Crippen MR) is 122 cm³/mol. The highest BCUT2D eigenvalue weighted by Crippen LogP contribution is 2.20. The van der Waals surface area contributed by atoms with Gasteiger partial charge in [-0.2, -0.15) is 5.10 Å². The molecular formula is C24H27FN2O2Si. The van der Waals surface area contributed by atoms with Gasteiger partial charge in [-0.15, -0.1) is 0 Å². The molecule has 3 rings (SSSR count). The number of ether oxygens (including phenoxy) is 1. The van der Waals surface area contributed by atoms with Gasteiger partial charge in [-0.1, -0.05) is 61.2 Å². The summed E-state index contributed by atoms with van der Waals surface area (Å²) in [7, 11) is -0.0205. The molecule has 0 aliphatic rings. The van der Waals surface area contributed by atoms with Gasteiger partial charge in [-0.3, -0.25) is 4.68 Å². The molecule has 2 aromatic carbocycles. The van der Waals surface area contributed by atoms with Gasteiger partial charge in [0.25, 0.3) is 0 Å². The number of hydrogen-bond donors (Lipinski definition) is 0. The van der Waals surface area contributed by atoms with Crippen LogP contribution in [0.15, 0.2) is 54.6 Å². The van der Waals surface area contributed by atoms with Gasteiger partial charge in [0.15, 0.2) is 5.83 Å². The average Bonchev–Trinajstić information content (AvgIpc) is 3.08. The van der Waals surface area contributed by atoms with Gasteiger partial charge in [-0.25, -0.2) is 9.18 Å². The molecule has 0 amide bonds. The van der Waals surface area contributed by atoms with E-state index in [4.69, 9.17) is 4.74 Å². The van der Waals surface area contributed by atoms with Crippen molar-refractivity contribution in [3.63, 3.8) is 0 Å². The molecule has 0 saturated carbocycles. The number of carbonyl (C=O) groups excluding carboxylic acids is 1. The summed E-state index contributed by atoms with van der Waals surface area (Å²) in [5, 5.41) is 5.76. The zero-order valence-electron chi connectivity index (χ0n) is 18.1. The number of esters is 1. The Labute approximate surface area is 178 Å². The minimum absolute atomic E-state index is 0.297. The monoisotopic (exact) mass is 422 g/mol. The fourth-order valence-electron chi connectivity index (χ4n) is 3.17. The van der Waals surface area contributed by atoms with E-state index < -0.39 is 8.07 Å². The van der Waals surface area contributed by atoms with Crippen molar-refractivity contribution in [2.45, 2.75) is 33.1 Å². The van der Waals surface area contributed by atoms with Crippen molar-refractivity contribution in [1.82, 2.24) is 9.78 Å². The number of hydrogen-bond acceptors (Lipinski definition) is 3. The van der Waals surface area contributed by atoms with Crippen molar-refractivity contribution in [1.29, 1.82) is 0 Å². The molecule has 6 heteroatoms. The maximum Gasteiger partial charge on any atom is 0.337 e. The van der Waals surface area contributed by atoms with Gasteiger partial charge in [0, 0.05) is 5.69 Å². The Morgan fingerprint density at radius 1 is 1.13 bits per heavy atom. The number of halogens is 1. The molecule has 0 bridgehead atoms. The highest BCUT2D eigenvalue weighted by atomic mass is 28.3. The molecule has 0 unspecified atom stereocenters. The minimum Gasteiger partial charge on any atom is -0.465 e. The molecular weight excluding hydrogens is 395 g/mol. The molecule has 1 aromatic heterocycles. The Morgan fingerprint density at radius 2 is 1.83 bits per heavy atom. The predicted octanol–water partition coefficient (Wildman–Crippen LogP) is 5.04. The summed E-state index contributed by atoms with van der Waals surface area (Å²) in [6, 6.07) is 17.0. The number of aromatic nitrogens is 2. The van der Waals surface area contributed by atoms with E-state index >= 15 is 0 Å². The van der Waals surface area contributed by atoms with Gasteiger partial charge < -0.3 is 4.74 Å². The van der Waals surface area contributed by atoms with Gasteiger partial charge in [0.1, 0.15) is 5.69 Å². The summed E-state index contributed by atoms with van der Waals surface area (Å²) in [6.45, 7) is 9.18. The van der Waals surface area contributed by atoms with Crippen LogP contribution in [0, 0.1) is 6.92 Å². The molecule has 4 nitrogen and oxygen atoms in total. The Morgan fingerprint density at radius 3 is 2.47 bits per heavy atom. The van der Waals surface area contributed by atoms with Crippen LogP contribution in [-0.2, 0) is 11.3 Å². The molecule has 0 aliphatic heterocycles. The Bertz CT molecular complexity index is 1080. The van der Waals surface area contributed by atoms with Crippen molar-refractivity contribution in [3.05, 3.63) is 82.7 Å². The second kappa shape index (κ2) is 8.79. The number of aryl methyl sites for hydroxylation is 1.